The van der Waals surface area contributed by atoms with Crippen molar-refractivity contribution in [2.45, 2.75) is 19.5 Å². The van der Waals surface area contributed by atoms with Gasteiger partial charge in [0.25, 0.3) is 5.91 Å². The molecule has 0 saturated carbocycles. The maximum atomic E-state index is 14.0. The van der Waals surface area contributed by atoms with Crippen molar-refractivity contribution in [1.29, 1.82) is 0 Å². The van der Waals surface area contributed by atoms with Crippen molar-refractivity contribution < 1.29 is 18.7 Å². The van der Waals surface area contributed by atoms with E-state index in [-0.39, 0.29) is 18.1 Å². The number of carbonyl (C=O) groups is 1. The number of nitrogens with zero attached hydrogens (tertiary/aromatic N) is 1. The number of hydrogen-bond donors (Lipinski definition) is 1. The van der Waals surface area contributed by atoms with Crippen LogP contribution in [0.2, 0.25) is 0 Å². The van der Waals surface area contributed by atoms with Gasteiger partial charge in [-0.2, -0.15) is 0 Å². The maximum absolute atomic E-state index is 14.0. The van der Waals surface area contributed by atoms with Crippen LogP contribution in [-0.2, 0) is 11.3 Å². The average molecular weight is 391 g/mol. The molecule has 1 aliphatic heterocycles. The zero-order valence-electron chi connectivity index (χ0n) is 15.8. The Morgan fingerprint density at radius 3 is 2.28 bits per heavy atom. The van der Waals surface area contributed by atoms with Crippen LogP contribution in [0.15, 0.2) is 78.6 Å². The molecular weight excluding hydrogens is 372 g/mol. The largest absolute Gasteiger partial charge is 0.503 e. The molecule has 1 aliphatic rings. The normalized spacial score (nSPS) is 16.6. The van der Waals surface area contributed by atoms with E-state index in [2.05, 4.69) is 0 Å². The Labute approximate surface area is 167 Å². The van der Waals surface area contributed by atoms with Crippen molar-refractivity contribution in [2.24, 2.45) is 0 Å². The molecule has 0 aliphatic carbocycles. The van der Waals surface area contributed by atoms with Crippen LogP contribution in [0.5, 0.6) is 0 Å². The smallest absolute Gasteiger partial charge is 0.290 e. The summed E-state index contributed by atoms with van der Waals surface area (Å²) in [4.78, 5) is 14.4. The lowest BCUT2D eigenvalue weighted by Crippen LogP contribution is -2.29. The predicted molar refractivity (Wildman–Crippen MR) is 107 cm³/mol. The molecular formula is C24H19F2NO2. The second-order valence-electron chi connectivity index (χ2n) is 7.15. The van der Waals surface area contributed by atoms with Crippen molar-refractivity contribution >= 4 is 11.5 Å². The van der Waals surface area contributed by atoms with Gasteiger partial charge in [0, 0.05) is 12.1 Å². The minimum atomic E-state index is -0.661. The number of benzene rings is 3. The van der Waals surface area contributed by atoms with E-state index in [0.29, 0.717) is 22.3 Å². The summed E-state index contributed by atoms with van der Waals surface area (Å²) in [7, 11) is 0. The van der Waals surface area contributed by atoms with Gasteiger partial charge >= 0.3 is 0 Å². The predicted octanol–water partition coefficient (Wildman–Crippen LogP) is 5.33. The van der Waals surface area contributed by atoms with E-state index in [4.69, 9.17) is 0 Å². The highest BCUT2D eigenvalue weighted by Crippen LogP contribution is 2.43. The molecule has 1 atom stereocenters. The van der Waals surface area contributed by atoms with Crippen molar-refractivity contribution in [3.8, 4) is 0 Å². The first-order valence-corrected chi connectivity index (χ1v) is 9.25. The highest BCUT2D eigenvalue weighted by atomic mass is 19.1. The van der Waals surface area contributed by atoms with Gasteiger partial charge in [0.15, 0.2) is 5.76 Å². The molecule has 3 aromatic carbocycles. The number of aliphatic hydroxyl groups excluding tert-OH is 1. The van der Waals surface area contributed by atoms with Crippen LogP contribution in [0.3, 0.4) is 0 Å². The van der Waals surface area contributed by atoms with Gasteiger partial charge < -0.3 is 10.0 Å². The summed E-state index contributed by atoms with van der Waals surface area (Å²) in [6.45, 7) is 2.10. The molecule has 29 heavy (non-hydrogen) atoms. The third kappa shape index (κ3) is 3.63. The second-order valence-corrected chi connectivity index (χ2v) is 7.15. The van der Waals surface area contributed by atoms with Gasteiger partial charge in [-0.3, -0.25) is 4.79 Å². The van der Waals surface area contributed by atoms with E-state index < -0.39 is 17.8 Å². The van der Waals surface area contributed by atoms with Gasteiger partial charge in [-0.05, 0) is 47.9 Å². The number of carbonyl (C=O) groups excluding carboxylic acids is 1. The number of amides is 1. The lowest BCUT2D eigenvalue weighted by molar-refractivity contribution is -0.130. The third-order valence-electron chi connectivity index (χ3n) is 5.10. The summed E-state index contributed by atoms with van der Waals surface area (Å²) in [6, 6.07) is 18.6. The van der Waals surface area contributed by atoms with Gasteiger partial charge in [-0.1, -0.05) is 54.1 Å². The summed E-state index contributed by atoms with van der Waals surface area (Å²) in [6.07, 6.45) is 0. The van der Waals surface area contributed by atoms with Gasteiger partial charge in [0.2, 0.25) is 0 Å². The summed E-state index contributed by atoms with van der Waals surface area (Å²) in [5.41, 5.74) is 3.43. The van der Waals surface area contributed by atoms with E-state index in [1.807, 2.05) is 31.2 Å². The first-order chi connectivity index (χ1) is 13.9. The van der Waals surface area contributed by atoms with Crippen molar-refractivity contribution in [3.63, 3.8) is 0 Å². The molecule has 0 unspecified atom stereocenters. The van der Waals surface area contributed by atoms with E-state index >= 15 is 0 Å². The third-order valence-corrected chi connectivity index (χ3v) is 5.10. The van der Waals surface area contributed by atoms with Crippen LogP contribution in [0.25, 0.3) is 5.57 Å². The second kappa shape index (κ2) is 7.51. The fourth-order valence-corrected chi connectivity index (χ4v) is 3.65. The minimum absolute atomic E-state index is 0.152. The van der Waals surface area contributed by atoms with E-state index in [0.717, 1.165) is 5.56 Å². The summed E-state index contributed by atoms with van der Waals surface area (Å²) >= 11 is 0. The summed E-state index contributed by atoms with van der Waals surface area (Å²) < 4.78 is 27.2. The monoisotopic (exact) mass is 391 g/mol. The molecule has 1 amide bonds. The number of halogens is 2. The zero-order valence-corrected chi connectivity index (χ0v) is 15.8. The van der Waals surface area contributed by atoms with Gasteiger partial charge in [0.05, 0.1) is 6.04 Å². The fourth-order valence-electron chi connectivity index (χ4n) is 3.65. The zero-order chi connectivity index (χ0) is 20.5. The Balaban J connectivity index is 1.81. The molecule has 1 heterocycles. The molecule has 3 nitrogen and oxygen atoms in total. The molecule has 3 aromatic rings. The van der Waals surface area contributed by atoms with Crippen LogP contribution in [0.4, 0.5) is 8.78 Å². The number of aliphatic hydroxyl groups is 1. The maximum Gasteiger partial charge on any atom is 0.290 e. The lowest BCUT2D eigenvalue weighted by atomic mass is 9.93. The Morgan fingerprint density at radius 2 is 1.62 bits per heavy atom. The highest BCUT2D eigenvalue weighted by Gasteiger charge is 2.41. The Bertz CT molecular complexity index is 1090. The molecule has 0 fully saturated rings. The number of rotatable bonds is 4. The number of aryl methyl sites for hydroxylation is 1. The minimum Gasteiger partial charge on any atom is -0.503 e. The molecule has 0 spiro atoms. The first-order valence-electron chi connectivity index (χ1n) is 9.25. The molecule has 4 rings (SSSR count). The average Bonchev–Trinajstić information content (AvgIpc) is 2.95. The van der Waals surface area contributed by atoms with Gasteiger partial charge in [-0.25, -0.2) is 8.78 Å². The van der Waals surface area contributed by atoms with Gasteiger partial charge in [0.1, 0.15) is 11.6 Å². The van der Waals surface area contributed by atoms with Crippen LogP contribution >= 0.6 is 0 Å². The Kier molecular flexibility index (Phi) is 4.89. The van der Waals surface area contributed by atoms with Crippen LogP contribution in [0, 0.1) is 18.6 Å². The highest BCUT2D eigenvalue weighted by molar-refractivity contribution is 6.05. The topological polar surface area (TPSA) is 40.5 Å². The van der Waals surface area contributed by atoms with E-state index in [9.17, 15) is 18.7 Å². The van der Waals surface area contributed by atoms with Crippen molar-refractivity contribution in [2.75, 3.05) is 0 Å². The van der Waals surface area contributed by atoms with E-state index in [1.165, 1.54) is 29.2 Å². The number of hydrogen-bond acceptors (Lipinski definition) is 2. The van der Waals surface area contributed by atoms with Crippen LogP contribution in [0.1, 0.15) is 28.3 Å². The van der Waals surface area contributed by atoms with Crippen molar-refractivity contribution in [3.05, 3.63) is 112 Å². The molecule has 1 N–H and O–H groups in total. The Morgan fingerprint density at radius 1 is 0.931 bits per heavy atom. The molecule has 0 saturated heterocycles. The van der Waals surface area contributed by atoms with Crippen LogP contribution in [-0.4, -0.2) is 15.9 Å². The first kappa shape index (κ1) is 18.9. The van der Waals surface area contributed by atoms with E-state index in [1.54, 1.807) is 24.3 Å². The standard InChI is InChI=1S/C24H19F2NO2/c1-15-5-9-17(10-6-15)21-22(18-3-2-4-20(26)13-18)27(24(29)23(21)28)14-16-7-11-19(25)12-8-16/h2-13,22,28H,14H2,1H3/t22-/m0/s1. The molecule has 0 aromatic heterocycles. The van der Waals surface area contributed by atoms with Gasteiger partial charge in [-0.15, -0.1) is 0 Å². The summed E-state index contributed by atoms with van der Waals surface area (Å²) in [5, 5.41) is 10.7. The quantitative estimate of drug-likeness (QED) is 0.653. The fraction of sp³-hybridized carbons (Fsp3) is 0.125. The molecule has 0 radical (unpaired) electrons. The molecule has 146 valence electrons. The SMILES string of the molecule is Cc1ccc(C2=C(O)C(=O)N(Cc3ccc(F)cc3)[C@H]2c2cccc(F)c2)cc1. The lowest BCUT2D eigenvalue weighted by Gasteiger charge is -2.27. The summed E-state index contributed by atoms with van der Waals surface area (Å²) in [5.74, 6) is -1.69. The molecule has 5 heteroatoms. The van der Waals surface area contributed by atoms with Crippen LogP contribution < -0.4 is 0 Å². The Hall–Kier alpha value is -3.47. The van der Waals surface area contributed by atoms with Crippen molar-refractivity contribution in [1.82, 2.24) is 4.90 Å². The molecule has 0 bridgehead atoms.